The maximum Gasteiger partial charge on any atom is 0.228 e. The van der Waals surface area contributed by atoms with Crippen LogP contribution in [-0.2, 0) is 11.2 Å². The van der Waals surface area contributed by atoms with Gasteiger partial charge in [0.05, 0.1) is 17.7 Å². The van der Waals surface area contributed by atoms with Crippen LogP contribution in [0, 0.1) is 11.3 Å². The maximum atomic E-state index is 12.6. The van der Waals surface area contributed by atoms with Crippen molar-refractivity contribution in [1.82, 2.24) is 14.9 Å². The highest BCUT2D eigenvalue weighted by Gasteiger charge is 2.24. The molecule has 0 spiro atoms. The highest BCUT2D eigenvalue weighted by Crippen LogP contribution is 2.26. The number of thiazole rings is 1. The Morgan fingerprint density at radius 1 is 1.22 bits per heavy atom. The molecule has 136 valence electrons. The number of anilines is 1. The molecule has 0 saturated carbocycles. The Morgan fingerprint density at radius 2 is 2.07 bits per heavy atom. The molecular formula is C19H17N5OS2. The number of rotatable bonds is 4. The smallest absolute Gasteiger partial charge is 0.228 e. The summed E-state index contributed by atoms with van der Waals surface area (Å²) in [5, 5.41) is 16.3. The molecule has 6 nitrogen and oxygen atoms in total. The zero-order valence-electron chi connectivity index (χ0n) is 14.5. The lowest BCUT2D eigenvalue weighted by molar-refractivity contribution is -0.130. The largest absolute Gasteiger partial charge is 0.352 e. The van der Waals surface area contributed by atoms with Gasteiger partial charge in [-0.2, -0.15) is 16.6 Å². The van der Waals surface area contributed by atoms with Crippen LogP contribution in [0.25, 0.3) is 10.6 Å². The molecule has 4 heterocycles. The molecule has 27 heavy (non-hydrogen) atoms. The Kier molecular flexibility index (Phi) is 5.14. The highest BCUT2D eigenvalue weighted by atomic mass is 32.1. The topological polar surface area (TPSA) is 73.1 Å². The van der Waals surface area contributed by atoms with Gasteiger partial charge < -0.3 is 9.80 Å². The summed E-state index contributed by atoms with van der Waals surface area (Å²) >= 11 is 3.22. The van der Waals surface area contributed by atoms with Gasteiger partial charge >= 0.3 is 0 Å². The van der Waals surface area contributed by atoms with E-state index in [9.17, 15) is 10.1 Å². The Bertz CT molecular complexity index is 968. The van der Waals surface area contributed by atoms with E-state index in [1.54, 1.807) is 41.0 Å². The van der Waals surface area contributed by atoms with Crippen LogP contribution in [0.4, 0.5) is 5.82 Å². The lowest BCUT2D eigenvalue weighted by Gasteiger charge is -2.35. The summed E-state index contributed by atoms with van der Waals surface area (Å²) in [4.78, 5) is 25.5. The van der Waals surface area contributed by atoms with Crippen LogP contribution in [0.2, 0.25) is 0 Å². The summed E-state index contributed by atoms with van der Waals surface area (Å²) in [6.07, 6.45) is 2.02. The van der Waals surface area contributed by atoms with E-state index in [0.717, 1.165) is 16.3 Å². The minimum absolute atomic E-state index is 0.0957. The van der Waals surface area contributed by atoms with Gasteiger partial charge in [0, 0.05) is 48.7 Å². The van der Waals surface area contributed by atoms with Crippen molar-refractivity contribution in [3.05, 3.63) is 51.8 Å². The summed E-state index contributed by atoms with van der Waals surface area (Å²) in [6, 6.07) is 7.76. The molecule has 8 heteroatoms. The van der Waals surface area contributed by atoms with Gasteiger partial charge in [-0.1, -0.05) is 0 Å². The van der Waals surface area contributed by atoms with Gasteiger partial charge in [0.2, 0.25) is 5.91 Å². The molecule has 1 aliphatic heterocycles. The molecule has 0 aromatic carbocycles. The molecule has 0 atom stereocenters. The monoisotopic (exact) mass is 395 g/mol. The van der Waals surface area contributed by atoms with E-state index in [1.807, 2.05) is 21.7 Å². The lowest BCUT2D eigenvalue weighted by Crippen LogP contribution is -2.49. The molecule has 0 radical (unpaired) electrons. The van der Waals surface area contributed by atoms with Crippen LogP contribution in [0.15, 0.2) is 40.5 Å². The minimum atomic E-state index is 0.0957. The molecule has 1 amide bonds. The van der Waals surface area contributed by atoms with Crippen LogP contribution in [-0.4, -0.2) is 47.0 Å². The second-order valence-corrected chi connectivity index (χ2v) is 7.83. The number of thiophene rings is 1. The van der Waals surface area contributed by atoms with Gasteiger partial charge in [0.15, 0.2) is 0 Å². The number of carbonyl (C=O) groups excluding carboxylic acids is 1. The van der Waals surface area contributed by atoms with Crippen LogP contribution < -0.4 is 4.90 Å². The molecule has 1 fully saturated rings. The lowest BCUT2D eigenvalue weighted by atomic mass is 10.2. The van der Waals surface area contributed by atoms with Crippen molar-refractivity contribution in [3.63, 3.8) is 0 Å². The Balaban J connectivity index is 1.36. The van der Waals surface area contributed by atoms with Crippen LogP contribution in [0.1, 0.15) is 11.3 Å². The first kappa shape index (κ1) is 17.6. The normalized spacial score (nSPS) is 14.2. The molecule has 0 bridgehead atoms. The zero-order valence-corrected chi connectivity index (χ0v) is 16.2. The predicted octanol–water partition coefficient (Wildman–Crippen LogP) is 3.03. The second-order valence-electron chi connectivity index (χ2n) is 6.19. The Labute approximate surface area is 165 Å². The quantitative estimate of drug-likeness (QED) is 0.679. The number of hydrogen-bond acceptors (Lipinski definition) is 7. The van der Waals surface area contributed by atoms with Crippen molar-refractivity contribution in [2.75, 3.05) is 31.1 Å². The van der Waals surface area contributed by atoms with Crippen LogP contribution in [0.3, 0.4) is 0 Å². The number of amides is 1. The van der Waals surface area contributed by atoms with E-state index in [0.29, 0.717) is 44.0 Å². The standard InChI is InChI=1S/C19H17N5OS2/c20-11-14-2-1-4-21-18(14)24-7-5-23(6-8-24)17(25)10-16-13-27-19(22-16)15-3-9-26-12-15/h1-4,9,12-13H,5-8,10H2. The van der Waals surface area contributed by atoms with Gasteiger partial charge in [-0.15, -0.1) is 11.3 Å². The van der Waals surface area contributed by atoms with Crippen molar-refractivity contribution >= 4 is 34.4 Å². The molecule has 0 aliphatic carbocycles. The van der Waals surface area contributed by atoms with Gasteiger partial charge in [0.25, 0.3) is 0 Å². The third-order valence-corrected chi connectivity index (χ3v) is 6.11. The van der Waals surface area contributed by atoms with Crippen molar-refractivity contribution in [3.8, 4) is 16.6 Å². The summed E-state index contributed by atoms with van der Waals surface area (Å²) in [7, 11) is 0. The average Bonchev–Trinajstić information content (AvgIpc) is 3.40. The highest BCUT2D eigenvalue weighted by molar-refractivity contribution is 7.14. The van der Waals surface area contributed by atoms with E-state index in [1.165, 1.54) is 0 Å². The van der Waals surface area contributed by atoms with Crippen LogP contribution in [0.5, 0.6) is 0 Å². The van der Waals surface area contributed by atoms with E-state index < -0.39 is 0 Å². The number of piperazine rings is 1. The van der Waals surface area contributed by atoms with Crippen molar-refractivity contribution in [1.29, 1.82) is 5.26 Å². The van der Waals surface area contributed by atoms with Crippen molar-refractivity contribution < 1.29 is 4.79 Å². The molecule has 0 unspecified atom stereocenters. The first-order valence-electron chi connectivity index (χ1n) is 8.59. The fourth-order valence-electron chi connectivity index (χ4n) is 3.08. The first-order chi connectivity index (χ1) is 13.2. The fraction of sp³-hybridized carbons (Fsp3) is 0.263. The SMILES string of the molecule is N#Cc1cccnc1N1CCN(C(=O)Cc2csc(-c3ccsc3)n2)CC1. The number of hydrogen-bond donors (Lipinski definition) is 0. The minimum Gasteiger partial charge on any atom is -0.352 e. The molecule has 1 saturated heterocycles. The van der Waals surface area contributed by atoms with Gasteiger partial charge in [-0.3, -0.25) is 4.79 Å². The number of carbonyl (C=O) groups is 1. The Morgan fingerprint density at radius 3 is 2.81 bits per heavy atom. The van der Waals surface area contributed by atoms with E-state index in [4.69, 9.17) is 0 Å². The molecule has 3 aromatic rings. The summed E-state index contributed by atoms with van der Waals surface area (Å²) in [5.74, 6) is 0.797. The number of aromatic nitrogens is 2. The van der Waals surface area contributed by atoms with E-state index in [-0.39, 0.29) is 5.91 Å². The van der Waals surface area contributed by atoms with E-state index in [2.05, 4.69) is 26.3 Å². The predicted molar refractivity (Wildman–Crippen MR) is 107 cm³/mol. The third kappa shape index (κ3) is 3.84. The summed E-state index contributed by atoms with van der Waals surface area (Å²) in [5.41, 5.74) is 2.51. The van der Waals surface area contributed by atoms with E-state index >= 15 is 0 Å². The van der Waals surface area contributed by atoms with Crippen molar-refractivity contribution in [2.24, 2.45) is 0 Å². The van der Waals surface area contributed by atoms with Gasteiger partial charge in [-0.25, -0.2) is 9.97 Å². The average molecular weight is 396 g/mol. The summed E-state index contributed by atoms with van der Waals surface area (Å²) in [6.45, 7) is 2.60. The molecule has 0 N–H and O–H groups in total. The van der Waals surface area contributed by atoms with Gasteiger partial charge in [0.1, 0.15) is 16.9 Å². The molecule has 3 aromatic heterocycles. The van der Waals surface area contributed by atoms with Crippen LogP contribution >= 0.6 is 22.7 Å². The number of pyridine rings is 1. The number of nitriles is 1. The fourth-order valence-corrected chi connectivity index (χ4v) is 4.61. The first-order valence-corrected chi connectivity index (χ1v) is 10.4. The molecular weight excluding hydrogens is 378 g/mol. The third-order valence-electron chi connectivity index (χ3n) is 4.49. The van der Waals surface area contributed by atoms with Crippen molar-refractivity contribution in [2.45, 2.75) is 6.42 Å². The molecule has 1 aliphatic rings. The summed E-state index contributed by atoms with van der Waals surface area (Å²) < 4.78 is 0. The number of nitrogens with zero attached hydrogens (tertiary/aromatic N) is 5. The molecule has 4 rings (SSSR count). The zero-order chi connectivity index (χ0) is 18.6. The second kappa shape index (κ2) is 7.86. The maximum absolute atomic E-state index is 12.6. The van der Waals surface area contributed by atoms with Gasteiger partial charge in [-0.05, 0) is 23.6 Å². The Hall–Kier alpha value is -2.76.